The number of hydrogen-bond donors (Lipinski definition) is 0. The molecule has 0 amide bonds. The zero-order valence-corrected chi connectivity index (χ0v) is 12.9. The van der Waals surface area contributed by atoms with Gasteiger partial charge in [-0.1, -0.05) is 41.6 Å². The second-order valence-corrected chi connectivity index (χ2v) is 4.96. The molecule has 0 saturated heterocycles. The first-order chi connectivity index (χ1) is 10.9. The molecule has 2 aromatic carbocycles. The minimum absolute atomic E-state index is 0.316. The Bertz CT molecular complexity index is 765. The van der Waals surface area contributed by atoms with Gasteiger partial charge in [-0.25, -0.2) is 0 Å². The third-order valence-corrected chi connectivity index (χ3v) is 3.27. The van der Waals surface area contributed by atoms with Crippen LogP contribution >= 0.6 is 11.6 Å². The molecule has 0 aromatic heterocycles. The monoisotopic (exact) mass is 336 g/mol. The summed E-state index contributed by atoms with van der Waals surface area (Å²) in [5.41, 5.74) is 1.51. The van der Waals surface area contributed by atoms with Gasteiger partial charge in [0.2, 0.25) is 0 Å². The molecule has 2 rings (SSSR count). The summed E-state index contributed by atoms with van der Waals surface area (Å²) in [7, 11) is 1.56. The van der Waals surface area contributed by atoms with E-state index in [4.69, 9.17) is 16.3 Å². The van der Waals surface area contributed by atoms with E-state index >= 15 is 0 Å². The van der Waals surface area contributed by atoms with E-state index in [1.807, 2.05) is 0 Å². The summed E-state index contributed by atoms with van der Waals surface area (Å²) in [5, 5.41) is -1.18. The first kappa shape index (κ1) is 17.0. The Morgan fingerprint density at radius 3 is 2.30 bits per heavy atom. The fourth-order valence-corrected chi connectivity index (χ4v) is 1.89. The fraction of sp³-hybridized carbons (Fsp3) is 0.111. The number of alkyl halides is 3. The molecule has 0 aliphatic carbocycles. The molecule has 0 aliphatic rings. The van der Waals surface area contributed by atoms with E-state index in [9.17, 15) is 13.2 Å². The summed E-state index contributed by atoms with van der Waals surface area (Å²) in [6.45, 7) is 0. The van der Waals surface area contributed by atoms with Crippen molar-refractivity contribution in [3.63, 3.8) is 0 Å². The van der Waals surface area contributed by atoms with E-state index in [-0.39, 0.29) is 0 Å². The van der Waals surface area contributed by atoms with Crippen LogP contribution in [0.25, 0.3) is 6.08 Å². The standard InChI is InChI=1S/C18H12ClF3O/c1-23-16-10-7-13(8-11-16)6-9-14-4-2-3-5-15(14)12-17(19)18(20,21)22/h2-5,7-8,10-12H,1H3/b17-12-. The zero-order chi connectivity index (χ0) is 16.9. The van der Waals surface area contributed by atoms with Crippen molar-refractivity contribution in [1.29, 1.82) is 0 Å². The minimum Gasteiger partial charge on any atom is -0.497 e. The Labute approximate surface area is 137 Å². The van der Waals surface area contributed by atoms with Crippen LogP contribution in [0.4, 0.5) is 13.2 Å². The number of rotatable bonds is 2. The molecule has 2 aromatic rings. The highest BCUT2D eigenvalue weighted by atomic mass is 35.5. The maximum Gasteiger partial charge on any atom is 0.426 e. The van der Waals surface area contributed by atoms with Crippen molar-refractivity contribution in [3.05, 3.63) is 70.3 Å². The smallest absolute Gasteiger partial charge is 0.426 e. The zero-order valence-electron chi connectivity index (χ0n) is 12.1. The lowest BCUT2D eigenvalue weighted by Gasteiger charge is -2.05. The highest BCUT2D eigenvalue weighted by Gasteiger charge is 2.32. The number of benzene rings is 2. The number of allylic oxidation sites excluding steroid dienone is 1. The third-order valence-electron chi connectivity index (χ3n) is 2.95. The van der Waals surface area contributed by atoms with Crippen molar-refractivity contribution in [2.24, 2.45) is 0 Å². The van der Waals surface area contributed by atoms with Gasteiger partial charge in [0.1, 0.15) is 10.8 Å². The first-order valence-electron chi connectivity index (χ1n) is 6.59. The van der Waals surface area contributed by atoms with Crippen LogP contribution in [0, 0.1) is 11.8 Å². The van der Waals surface area contributed by atoms with Gasteiger partial charge in [0.05, 0.1) is 7.11 Å². The minimum atomic E-state index is -4.57. The largest absolute Gasteiger partial charge is 0.497 e. The van der Waals surface area contributed by atoms with Crippen LogP contribution in [0.15, 0.2) is 53.6 Å². The summed E-state index contributed by atoms with van der Waals surface area (Å²) in [5.74, 6) is 6.47. The van der Waals surface area contributed by atoms with Crippen LogP contribution in [0.5, 0.6) is 5.75 Å². The van der Waals surface area contributed by atoms with Crippen molar-refractivity contribution in [2.75, 3.05) is 7.11 Å². The molecule has 0 saturated carbocycles. The van der Waals surface area contributed by atoms with Crippen molar-refractivity contribution in [3.8, 4) is 17.6 Å². The molecule has 23 heavy (non-hydrogen) atoms. The lowest BCUT2D eigenvalue weighted by atomic mass is 10.1. The molecule has 0 spiro atoms. The quantitative estimate of drug-likeness (QED) is 0.682. The summed E-state index contributed by atoms with van der Waals surface area (Å²) >= 11 is 5.29. The van der Waals surface area contributed by atoms with Crippen LogP contribution in [-0.4, -0.2) is 13.3 Å². The lowest BCUT2D eigenvalue weighted by molar-refractivity contribution is -0.0836. The average Bonchev–Trinajstić information content (AvgIpc) is 2.53. The molecule has 0 bridgehead atoms. The summed E-state index contributed by atoms with van der Waals surface area (Å²) in [6.07, 6.45) is -3.70. The van der Waals surface area contributed by atoms with E-state index in [0.29, 0.717) is 16.9 Å². The summed E-state index contributed by atoms with van der Waals surface area (Å²) in [4.78, 5) is 0. The average molecular weight is 337 g/mol. The Balaban J connectivity index is 2.33. The molecule has 5 heteroatoms. The van der Waals surface area contributed by atoms with E-state index in [2.05, 4.69) is 11.8 Å². The number of ether oxygens (including phenoxy) is 1. The summed E-state index contributed by atoms with van der Waals surface area (Å²) in [6, 6.07) is 13.6. The number of methoxy groups -OCH3 is 1. The highest BCUT2D eigenvalue weighted by molar-refractivity contribution is 6.32. The Kier molecular flexibility index (Phi) is 5.36. The van der Waals surface area contributed by atoms with Crippen LogP contribution in [0.2, 0.25) is 0 Å². The molecule has 118 valence electrons. The predicted molar refractivity (Wildman–Crippen MR) is 85.3 cm³/mol. The van der Waals surface area contributed by atoms with Gasteiger partial charge in [-0.15, -0.1) is 0 Å². The van der Waals surface area contributed by atoms with Gasteiger partial charge >= 0.3 is 6.18 Å². The molecular formula is C18H12ClF3O. The Morgan fingerprint density at radius 2 is 1.70 bits per heavy atom. The number of halogens is 4. The van der Waals surface area contributed by atoms with E-state index in [1.54, 1.807) is 49.6 Å². The first-order valence-corrected chi connectivity index (χ1v) is 6.97. The van der Waals surface area contributed by atoms with Gasteiger partial charge in [-0.05, 0) is 42.0 Å². The second kappa shape index (κ2) is 7.26. The van der Waals surface area contributed by atoms with Crippen LogP contribution in [0.1, 0.15) is 16.7 Å². The van der Waals surface area contributed by atoms with Crippen molar-refractivity contribution >= 4 is 17.7 Å². The van der Waals surface area contributed by atoms with Crippen LogP contribution in [-0.2, 0) is 0 Å². The topological polar surface area (TPSA) is 9.23 Å². The van der Waals surface area contributed by atoms with Gasteiger partial charge in [-0.2, -0.15) is 13.2 Å². The normalized spacial score (nSPS) is 11.6. The van der Waals surface area contributed by atoms with Crippen molar-refractivity contribution in [2.45, 2.75) is 6.18 Å². The molecule has 0 radical (unpaired) electrons. The molecule has 0 atom stereocenters. The van der Waals surface area contributed by atoms with Gasteiger partial charge in [-0.3, -0.25) is 0 Å². The van der Waals surface area contributed by atoms with Gasteiger partial charge in [0, 0.05) is 11.1 Å². The van der Waals surface area contributed by atoms with Gasteiger partial charge < -0.3 is 4.74 Å². The van der Waals surface area contributed by atoms with Crippen molar-refractivity contribution in [1.82, 2.24) is 0 Å². The fourth-order valence-electron chi connectivity index (χ4n) is 1.77. The molecular weight excluding hydrogens is 325 g/mol. The molecule has 0 fully saturated rings. The lowest BCUT2D eigenvalue weighted by Crippen LogP contribution is -2.06. The second-order valence-electron chi connectivity index (χ2n) is 4.56. The molecule has 0 N–H and O–H groups in total. The molecule has 0 heterocycles. The highest BCUT2D eigenvalue weighted by Crippen LogP contribution is 2.30. The van der Waals surface area contributed by atoms with Crippen LogP contribution < -0.4 is 4.74 Å². The predicted octanol–water partition coefficient (Wildman–Crippen LogP) is 5.24. The Hall–Kier alpha value is -2.38. The van der Waals surface area contributed by atoms with Crippen LogP contribution in [0.3, 0.4) is 0 Å². The molecule has 0 aliphatic heterocycles. The Morgan fingerprint density at radius 1 is 1.04 bits per heavy atom. The number of hydrogen-bond acceptors (Lipinski definition) is 1. The van der Waals surface area contributed by atoms with Gasteiger partial charge in [0.15, 0.2) is 0 Å². The van der Waals surface area contributed by atoms with E-state index < -0.39 is 11.2 Å². The third kappa shape index (κ3) is 4.80. The summed E-state index contributed by atoms with van der Waals surface area (Å²) < 4.78 is 42.7. The molecule has 0 unspecified atom stereocenters. The van der Waals surface area contributed by atoms with E-state index in [1.165, 1.54) is 6.07 Å². The van der Waals surface area contributed by atoms with Crippen molar-refractivity contribution < 1.29 is 17.9 Å². The maximum absolute atomic E-state index is 12.5. The molecule has 1 nitrogen and oxygen atoms in total. The SMILES string of the molecule is COc1ccc(C#Cc2ccccc2/C=C(\Cl)C(F)(F)F)cc1. The van der Waals surface area contributed by atoms with Gasteiger partial charge in [0.25, 0.3) is 0 Å². The maximum atomic E-state index is 12.5. The van der Waals surface area contributed by atoms with E-state index in [0.717, 1.165) is 11.6 Å².